The maximum atomic E-state index is 12.3. The summed E-state index contributed by atoms with van der Waals surface area (Å²) >= 11 is 0. The van der Waals surface area contributed by atoms with Gasteiger partial charge in [0.2, 0.25) is 10.0 Å². The van der Waals surface area contributed by atoms with E-state index in [1.807, 2.05) is 12.1 Å². The number of sulfonamides is 1. The lowest BCUT2D eigenvalue weighted by atomic mass is 10.1. The lowest BCUT2D eigenvalue weighted by Gasteiger charge is -2.28. The molecule has 150 valence electrons. The maximum Gasteiger partial charge on any atom is 0.251 e. The first-order valence-electron chi connectivity index (χ1n) is 9.08. The van der Waals surface area contributed by atoms with Crippen LogP contribution in [0.5, 0.6) is 0 Å². The van der Waals surface area contributed by atoms with E-state index in [2.05, 4.69) is 22.3 Å². The van der Waals surface area contributed by atoms with Gasteiger partial charge in [-0.25, -0.2) is 8.42 Å². The molecule has 1 fully saturated rings. The van der Waals surface area contributed by atoms with E-state index < -0.39 is 10.0 Å². The molecule has 0 bridgehead atoms. The molecule has 0 spiro atoms. The van der Waals surface area contributed by atoms with Crippen LogP contribution in [0.3, 0.4) is 0 Å². The molecule has 0 saturated carbocycles. The monoisotopic (exact) mass is 403 g/mol. The van der Waals surface area contributed by atoms with Gasteiger partial charge < -0.3 is 15.0 Å². The van der Waals surface area contributed by atoms with Gasteiger partial charge in [0.05, 0.1) is 25.2 Å². The molecule has 0 unspecified atom stereocenters. The van der Waals surface area contributed by atoms with Crippen molar-refractivity contribution in [1.29, 1.82) is 0 Å². The molecule has 1 N–H and O–H groups in total. The molecule has 1 amide bonds. The van der Waals surface area contributed by atoms with Gasteiger partial charge in [-0.05, 0) is 42.0 Å². The Morgan fingerprint density at radius 1 is 1.07 bits per heavy atom. The highest BCUT2D eigenvalue weighted by atomic mass is 32.2. The number of hydrogen-bond donors (Lipinski definition) is 1. The molecule has 0 radical (unpaired) electrons. The third kappa shape index (κ3) is 5.02. The van der Waals surface area contributed by atoms with Crippen LogP contribution in [-0.4, -0.2) is 53.9 Å². The minimum Gasteiger partial charge on any atom is -0.378 e. The summed E-state index contributed by atoms with van der Waals surface area (Å²) in [6.07, 6.45) is 1.14. The van der Waals surface area contributed by atoms with Crippen LogP contribution in [0.15, 0.2) is 48.5 Å². The number of ether oxygens (including phenoxy) is 1. The SMILES string of the molecule is CN(c1ccc(C(=O)NCc2ccc(N3CCOCC3)cc2)cc1)S(C)(=O)=O. The molecule has 2 aromatic rings. The number of carbonyl (C=O) groups excluding carboxylic acids is 1. The Hall–Kier alpha value is -2.58. The topological polar surface area (TPSA) is 79.0 Å². The molecule has 0 aliphatic carbocycles. The van der Waals surface area contributed by atoms with Crippen molar-refractivity contribution >= 4 is 27.3 Å². The molecule has 28 heavy (non-hydrogen) atoms. The zero-order valence-electron chi connectivity index (χ0n) is 16.1. The van der Waals surface area contributed by atoms with Crippen LogP contribution in [-0.2, 0) is 21.3 Å². The van der Waals surface area contributed by atoms with Crippen LogP contribution in [0.2, 0.25) is 0 Å². The van der Waals surface area contributed by atoms with Gasteiger partial charge in [-0.15, -0.1) is 0 Å². The van der Waals surface area contributed by atoms with Gasteiger partial charge in [-0.3, -0.25) is 9.10 Å². The van der Waals surface area contributed by atoms with E-state index >= 15 is 0 Å². The average Bonchev–Trinajstić information content (AvgIpc) is 2.72. The van der Waals surface area contributed by atoms with Gasteiger partial charge in [0.15, 0.2) is 0 Å². The van der Waals surface area contributed by atoms with E-state index in [1.165, 1.54) is 11.4 Å². The number of morpholine rings is 1. The van der Waals surface area contributed by atoms with Gasteiger partial charge in [-0.1, -0.05) is 12.1 Å². The summed E-state index contributed by atoms with van der Waals surface area (Å²) in [5.74, 6) is -0.203. The van der Waals surface area contributed by atoms with Gasteiger partial charge >= 0.3 is 0 Å². The van der Waals surface area contributed by atoms with Crippen LogP contribution in [0, 0.1) is 0 Å². The molecular weight excluding hydrogens is 378 g/mol. The van der Waals surface area contributed by atoms with Gasteiger partial charge in [0.25, 0.3) is 5.91 Å². The van der Waals surface area contributed by atoms with Crippen LogP contribution in [0.1, 0.15) is 15.9 Å². The number of rotatable bonds is 6. The Morgan fingerprint density at radius 3 is 2.25 bits per heavy atom. The molecule has 1 heterocycles. The Balaban J connectivity index is 1.56. The van der Waals surface area contributed by atoms with E-state index in [-0.39, 0.29) is 5.91 Å². The number of hydrogen-bond acceptors (Lipinski definition) is 5. The minimum absolute atomic E-state index is 0.203. The van der Waals surface area contributed by atoms with Crippen LogP contribution >= 0.6 is 0 Å². The van der Waals surface area contributed by atoms with Crippen molar-refractivity contribution in [1.82, 2.24) is 5.32 Å². The second-order valence-corrected chi connectivity index (χ2v) is 8.74. The number of nitrogens with one attached hydrogen (secondary N) is 1. The molecule has 1 aliphatic rings. The molecule has 8 heteroatoms. The molecule has 2 aromatic carbocycles. The fraction of sp³-hybridized carbons (Fsp3) is 0.350. The molecule has 1 saturated heterocycles. The Bertz CT molecular complexity index is 905. The fourth-order valence-corrected chi connectivity index (χ4v) is 3.45. The average molecular weight is 404 g/mol. The van der Waals surface area contributed by atoms with Crippen molar-refractivity contribution in [3.8, 4) is 0 Å². The summed E-state index contributed by atoms with van der Waals surface area (Å²) in [6, 6.07) is 14.6. The van der Waals surface area contributed by atoms with Crippen molar-refractivity contribution in [2.45, 2.75) is 6.54 Å². The predicted octanol–water partition coefficient (Wildman–Crippen LogP) is 1.85. The summed E-state index contributed by atoms with van der Waals surface area (Å²) in [7, 11) is -1.85. The Morgan fingerprint density at radius 2 is 1.68 bits per heavy atom. The summed E-state index contributed by atoms with van der Waals surface area (Å²) in [4.78, 5) is 14.6. The molecule has 0 atom stereocenters. The lowest BCUT2D eigenvalue weighted by molar-refractivity contribution is 0.0951. The van der Waals surface area contributed by atoms with Gasteiger partial charge in [0, 0.05) is 37.9 Å². The molecule has 1 aliphatic heterocycles. The minimum atomic E-state index is -3.32. The van der Waals surface area contributed by atoms with Crippen molar-refractivity contribution in [2.75, 3.05) is 48.8 Å². The summed E-state index contributed by atoms with van der Waals surface area (Å²) in [6.45, 7) is 3.70. The number of anilines is 2. The third-order valence-electron chi connectivity index (χ3n) is 4.76. The molecular formula is C20H25N3O4S. The van der Waals surface area contributed by atoms with E-state index in [1.54, 1.807) is 24.3 Å². The van der Waals surface area contributed by atoms with Crippen molar-refractivity contribution in [3.63, 3.8) is 0 Å². The Kier molecular flexibility index (Phi) is 6.21. The number of benzene rings is 2. The lowest BCUT2D eigenvalue weighted by Crippen LogP contribution is -2.36. The first-order chi connectivity index (χ1) is 13.3. The third-order valence-corrected chi connectivity index (χ3v) is 5.96. The molecule has 3 rings (SSSR count). The molecule has 0 aromatic heterocycles. The summed E-state index contributed by atoms with van der Waals surface area (Å²) < 4.78 is 29.7. The van der Waals surface area contributed by atoms with E-state index in [0.29, 0.717) is 17.8 Å². The quantitative estimate of drug-likeness (QED) is 0.796. The maximum absolute atomic E-state index is 12.3. The van der Waals surface area contributed by atoms with Crippen LogP contribution in [0.25, 0.3) is 0 Å². The number of nitrogens with zero attached hydrogens (tertiary/aromatic N) is 2. The Labute approximate surface area is 166 Å². The zero-order chi connectivity index (χ0) is 20.1. The van der Waals surface area contributed by atoms with Crippen molar-refractivity contribution in [2.24, 2.45) is 0 Å². The zero-order valence-corrected chi connectivity index (χ0v) is 16.9. The molecule has 7 nitrogen and oxygen atoms in total. The second kappa shape index (κ2) is 8.62. The first-order valence-corrected chi connectivity index (χ1v) is 10.9. The van der Waals surface area contributed by atoms with Gasteiger partial charge in [0.1, 0.15) is 0 Å². The van der Waals surface area contributed by atoms with Crippen LogP contribution in [0.4, 0.5) is 11.4 Å². The summed E-state index contributed by atoms with van der Waals surface area (Å²) in [5.41, 5.74) is 3.16. The normalized spacial score (nSPS) is 14.6. The van der Waals surface area contributed by atoms with E-state index in [0.717, 1.165) is 43.8 Å². The van der Waals surface area contributed by atoms with Crippen molar-refractivity contribution < 1.29 is 17.9 Å². The van der Waals surface area contributed by atoms with E-state index in [4.69, 9.17) is 4.74 Å². The highest BCUT2D eigenvalue weighted by Crippen LogP contribution is 2.18. The highest BCUT2D eigenvalue weighted by molar-refractivity contribution is 7.92. The first kappa shape index (κ1) is 20.2. The number of carbonyl (C=O) groups is 1. The number of amides is 1. The fourth-order valence-electron chi connectivity index (χ4n) is 2.94. The predicted molar refractivity (Wildman–Crippen MR) is 110 cm³/mol. The largest absolute Gasteiger partial charge is 0.378 e. The van der Waals surface area contributed by atoms with Gasteiger partial charge in [-0.2, -0.15) is 0 Å². The second-order valence-electron chi connectivity index (χ2n) is 6.73. The highest BCUT2D eigenvalue weighted by Gasteiger charge is 2.13. The summed E-state index contributed by atoms with van der Waals surface area (Å²) in [5, 5.41) is 2.89. The van der Waals surface area contributed by atoms with Crippen molar-refractivity contribution in [3.05, 3.63) is 59.7 Å². The van der Waals surface area contributed by atoms with E-state index in [9.17, 15) is 13.2 Å². The smallest absolute Gasteiger partial charge is 0.251 e. The van der Waals surface area contributed by atoms with Crippen LogP contribution < -0.4 is 14.5 Å². The standard InChI is InChI=1S/C20H25N3O4S/c1-22(28(2,25)26)18-9-5-17(6-10-18)20(24)21-15-16-3-7-19(8-4-16)23-11-13-27-14-12-23/h3-10H,11-15H2,1-2H3,(H,21,24).